The topological polar surface area (TPSA) is 52.6 Å². The molecule has 0 heterocycles. The van der Waals surface area contributed by atoms with Crippen molar-refractivity contribution in [1.29, 1.82) is 0 Å². The SMILES string of the molecule is C=CC(=O)OCc1ccc(CCc2ccc(CCc3ccc(COC(=O)C=C)cc3)c(C)c2)cc1. The van der Waals surface area contributed by atoms with Gasteiger partial charge in [0.2, 0.25) is 0 Å². The van der Waals surface area contributed by atoms with Crippen molar-refractivity contribution >= 4 is 11.9 Å². The second-order valence-corrected chi connectivity index (χ2v) is 8.52. The van der Waals surface area contributed by atoms with Crippen LogP contribution in [0.1, 0.15) is 38.9 Å². The van der Waals surface area contributed by atoms with Crippen LogP contribution in [-0.4, -0.2) is 11.9 Å². The second kappa shape index (κ2) is 13.1. The molecule has 0 aliphatic rings. The van der Waals surface area contributed by atoms with Gasteiger partial charge in [-0.2, -0.15) is 0 Å². The summed E-state index contributed by atoms with van der Waals surface area (Å²) in [7, 11) is 0. The lowest BCUT2D eigenvalue weighted by Gasteiger charge is -2.10. The first-order valence-corrected chi connectivity index (χ1v) is 11.8. The Balaban J connectivity index is 1.47. The highest BCUT2D eigenvalue weighted by atomic mass is 16.5. The average Bonchev–Trinajstić information content (AvgIpc) is 2.89. The second-order valence-electron chi connectivity index (χ2n) is 8.52. The molecular weight excluding hydrogens is 436 g/mol. The van der Waals surface area contributed by atoms with Gasteiger partial charge in [-0.3, -0.25) is 0 Å². The highest BCUT2D eigenvalue weighted by Gasteiger charge is 2.05. The molecule has 0 atom stereocenters. The zero-order valence-corrected chi connectivity index (χ0v) is 20.3. The number of aryl methyl sites for hydroxylation is 5. The molecule has 180 valence electrons. The van der Waals surface area contributed by atoms with Crippen molar-refractivity contribution in [2.75, 3.05) is 0 Å². The fourth-order valence-corrected chi connectivity index (χ4v) is 3.79. The van der Waals surface area contributed by atoms with Gasteiger partial charge in [-0.1, -0.05) is 79.9 Å². The third-order valence-corrected chi connectivity index (χ3v) is 5.93. The molecule has 0 saturated heterocycles. The molecular formula is C31H32O4. The third kappa shape index (κ3) is 8.42. The Bertz CT molecular complexity index is 1160. The lowest BCUT2D eigenvalue weighted by atomic mass is 9.96. The molecule has 3 aromatic rings. The molecule has 0 amide bonds. The van der Waals surface area contributed by atoms with Gasteiger partial charge in [-0.15, -0.1) is 0 Å². The Morgan fingerprint density at radius 1 is 0.629 bits per heavy atom. The van der Waals surface area contributed by atoms with E-state index in [1.165, 1.54) is 40.0 Å². The maximum absolute atomic E-state index is 11.2. The van der Waals surface area contributed by atoms with Gasteiger partial charge in [0.25, 0.3) is 0 Å². The number of carbonyl (C=O) groups excluding carboxylic acids is 2. The zero-order chi connectivity index (χ0) is 25.0. The van der Waals surface area contributed by atoms with E-state index in [2.05, 4.69) is 62.5 Å². The van der Waals surface area contributed by atoms with Crippen molar-refractivity contribution in [1.82, 2.24) is 0 Å². The number of esters is 2. The van der Waals surface area contributed by atoms with Crippen LogP contribution in [0.25, 0.3) is 0 Å². The van der Waals surface area contributed by atoms with E-state index in [-0.39, 0.29) is 13.2 Å². The van der Waals surface area contributed by atoms with Crippen molar-refractivity contribution in [2.24, 2.45) is 0 Å². The number of carbonyl (C=O) groups is 2. The Labute approximate surface area is 207 Å². The number of hydrogen-bond donors (Lipinski definition) is 0. The summed E-state index contributed by atoms with van der Waals surface area (Å²) in [5.74, 6) is -0.816. The van der Waals surface area contributed by atoms with E-state index in [4.69, 9.17) is 9.47 Å². The molecule has 0 fully saturated rings. The monoisotopic (exact) mass is 468 g/mol. The minimum absolute atomic E-state index is 0.265. The van der Waals surface area contributed by atoms with Crippen LogP contribution in [-0.2, 0) is 58.0 Å². The van der Waals surface area contributed by atoms with Crippen LogP contribution in [0.4, 0.5) is 0 Å². The van der Waals surface area contributed by atoms with Crippen molar-refractivity contribution in [3.63, 3.8) is 0 Å². The van der Waals surface area contributed by atoms with E-state index in [0.717, 1.165) is 36.8 Å². The molecule has 35 heavy (non-hydrogen) atoms. The van der Waals surface area contributed by atoms with E-state index >= 15 is 0 Å². The molecule has 0 radical (unpaired) electrons. The Kier molecular flexibility index (Phi) is 9.61. The van der Waals surface area contributed by atoms with Gasteiger partial charge in [0.15, 0.2) is 0 Å². The van der Waals surface area contributed by atoms with Crippen LogP contribution >= 0.6 is 0 Å². The Morgan fingerprint density at radius 2 is 1.03 bits per heavy atom. The molecule has 0 bridgehead atoms. The predicted molar refractivity (Wildman–Crippen MR) is 139 cm³/mol. The number of ether oxygens (including phenoxy) is 2. The van der Waals surface area contributed by atoms with Crippen molar-refractivity contribution < 1.29 is 19.1 Å². The lowest BCUT2D eigenvalue weighted by Crippen LogP contribution is -2.01. The first-order chi connectivity index (χ1) is 17.0. The molecule has 0 spiro atoms. The van der Waals surface area contributed by atoms with Crippen molar-refractivity contribution in [2.45, 2.75) is 45.8 Å². The van der Waals surface area contributed by atoms with Gasteiger partial charge in [0, 0.05) is 12.2 Å². The van der Waals surface area contributed by atoms with Crippen LogP contribution in [0, 0.1) is 6.92 Å². The molecule has 0 aliphatic carbocycles. The van der Waals surface area contributed by atoms with Gasteiger partial charge in [-0.25, -0.2) is 9.59 Å². The van der Waals surface area contributed by atoms with Gasteiger partial charge in [0.05, 0.1) is 0 Å². The van der Waals surface area contributed by atoms with Crippen molar-refractivity contribution in [3.05, 3.63) is 131 Å². The fourth-order valence-electron chi connectivity index (χ4n) is 3.79. The predicted octanol–water partition coefficient (Wildman–Crippen LogP) is 6.02. The Hall–Kier alpha value is -3.92. The summed E-state index contributed by atoms with van der Waals surface area (Å²) < 4.78 is 10.1. The van der Waals surface area contributed by atoms with Gasteiger partial charge < -0.3 is 9.47 Å². The normalized spacial score (nSPS) is 10.4. The summed E-state index contributed by atoms with van der Waals surface area (Å²) in [5.41, 5.74) is 8.45. The molecule has 0 aromatic heterocycles. The lowest BCUT2D eigenvalue weighted by molar-refractivity contribution is -0.139. The van der Waals surface area contributed by atoms with Gasteiger partial charge in [-0.05, 0) is 71.6 Å². The first kappa shape index (κ1) is 25.7. The maximum atomic E-state index is 11.2. The average molecular weight is 469 g/mol. The molecule has 0 saturated carbocycles. The molecule has 0 unspecified atom stereocenters. The largest absolute Gasteiger partial charge is 0.458 e. The number of hydrogen-bond acceptors (Lipinski definition) is 4. The summed E-state index contributed by atoms with van der Waals surface area (Å²) in [5, 5.41) is 0. The molecule has 0 N–H and O–H groups in total. The van der Waals surface area contributed by atoms with E-state index in [1.54, 1.807) is 0 Å². The smallest absolute Gasteiger partial charge is 0.330 e. The minimum atomic E-state index is -0.408. The van der Waals surface area contributed by atoms with E-state index in [9.17, 15) is 9.59 Å². The van der Waals surface area contributed by atoms with E-state index in [0.29, 0.717) is 0 Å². The highest BCUT2D eigenvalue weighted by Crippen LogP contribution is 2.17. The minimum Gasteiger partial charge on any atom is -0.458 e. The summed E-state index contributed by atoms with van der Waals surface area (Å²) in [6.07, 6.45) is 6.22. The number of rotatable bonds is 12. The third-order valence-electron chi connectivity index (χ3n) is 5.93. The standard InChI is InChI=1S/C31H32O4/c1-4-30(32)34-21-27-12-7-24(8-13-27)6-11-26-17-19-29(23(3)20-26)18-16-25-9-14-28(15-10-25)22-35-31(33)5-2/h4-5,7-10,12-15,17,19-20H,1-2,6,11,16,18,21-22H2,3H3. The highest BCUT2D eigenvalue weighted by molar-refractivity contribution is 5.81. The van der Waals surface area contributed by atoms with E-state index in [1.807, 2.05) is 24.3 Å². The first-order valence-electron chi connectivity index (χ1n) is 11.8. The van der Waals surface area contributed by atoms with Crippen molar-refractivity contribution in [3.8, 4) is 0 Å². The maximum Gasteiger partial charge on any atom is 0.330 e. The molecule has 3 rings (SSSR count). The summed E-state index contributed by atoms with van der Waals surface area (Å²) in [6.45, 7) is 9.51. The zero-order valence-electron chi connectivity index (χ0n) is 20.3. The van der Waals surface area contributed by atoms with Crippen LogP contribution in [0.2, 0.25) is 0 Å². The van der Waals surface area contributed by atoms with E-state index < -0.39 is 11.9 Å². The molecule has 3 aromatic carbocycles. The summed E-state index contributed by atoms with van der Waals surface area (Å²) in [4.78, 5) is 22.4. The van der Waals surface area contributed by atoms with Gasteiger partial charge >= 0.3 is 11.9 Å². The quantitative estimate of drug-likeness (QED) is 0.241. The van der Waals surface area contributed by atoms with Crippen LogP contribution in [0.5, 0.6) is 0 Å². The summed E-state index contributed by atoms with van der Waals surface area (Å²) in [6, 6.07) is 23.1. The molecule has 4 heteroatoms. The van der Waals surface area contributed by atoms with Crippen LogP contribution < -0.4 is 0 Å². The fraction of sp³-hybridized carbons (Fsp3) is 0.226. The molecule has 0 aliphatic heterocycles. The van der Waals surface area contributed by atoms with Gasteiger partial charge in [0.1, 0.15) is 13.2 Å². The summed E-state index contributed by atoms with van der Waals surface area (Å²) >= 11 is 0. The number of benzene rings is 3. The van der Waals surface area contributed by atoms with Crippen LogP contribution in [0.3, 0.4) is 0 Å². The van der Waals surface area contributed by atoms with Crippen LogP contribution in [0.15, 0.2) is 92.0 Å². The Morgan fingerprint density at radius 3 is 1.49 bits per heavy atom. The molecule has 4 nitrogen and oxygen atoms in total.